The highest BCUT2D eigenvalue weighted by atomic mass is 15.1. The molecule has 0 bridgehead atoms. The van der Waals surface area contributed by atoms with Crippen LogP contribution in [0.3, 0.4) is 0 Å². The van der Waals surface area contributed by atoms with Gasteiger partial charge in [-0.15, -0.1) is 0 Å². The van der Waals surface area contributed by atoms with Crippen molar-refractivity contribution in [1.29, 1.82) is 0 Å². The van der Waals surface area contributed by atoms with E-state index in [0.29, 0.717) is 0 Å². The van der Waals surface area contributed by atoms with E-state index in [2.05, 4.69) is 225 Å². The molecule has 4 nitrogen and oxygen atoms in total. The number of hydrogen-bond donors (Lipinski definition) is 0. The third-order valence-electron chi connectivity index (χ3n) is 11.2. The van der Waals surface area contributed by atoms with Crippen molar-refractivity contribution in [3.63, 3.8) is 0 Å². The van der Waals surface area contributed by atoms with Crippen molar-refractivity contribution >= 4 is 60.7 Å². The standard InChI is InChI=1S/C53H36N4/c1-3-11-41(12-4-1)55(42-13-5-2-6-14-42)43-25-19-37(20-26-43)38-21-27-44(28-22-38)56-50-17-9-7-15-46(50)48-35-39(23-29-52(48)56)40-24-30-53-49(36-40)47-16-8-10-18-51(47)57(53)45-31-33-54-34-32-45/h1-36H. The Morgan fingerprint density at radius 1 is 0.298 bits per heavy atom. The molecule has 0 radical (unpaired) electrons. The molecule has 0 atom stereocenters. The largest absolute Gasteiger partial charge is 0.311 e. The minimum absolute atomic E-state index is 1.11. The summed E-state index contributed by atoms with van der Waals surface area (Å²) in [6.07, 6.45) is 3.71. The van der Waals surface area contributed by atoms with E-state index in [1.807, 2.05) is 12.4 Å². The first kappa shape index (κ1) is 32.7. The molecule has 0 aliphatic rings. The number of para-hydroxylation sites is 4. The quantitative estimate of drug-likeness (QED) is 0.163. The van der Waals surface area contributed by atoms with Crippen molar-refractivity contribution in [2.24, 2.45) is 0 Å². The Balaban J connectivity index is 0.950. The van der Waals surface area contributed by atoms with E-state index in [9.17, 15) is 0 Å². The molecule has 0 saturated carbocycles. The van der Waals surface area contributed by atoms with E-state index in [0.717, 1.165) is 28.4 Å². The van der Waals surface area contributed by atoms with Crippen LogP contribution in [0, 0.1) is 0 Å². The molecule has 57 heavy (non-hydrogen) atoms. The first-order valence-corrected chi connectivity index (χ1v) is 19.4. The number of rotatable bonds is 7. The molecular formula is C53H36N4. The predicted molar refractivity (Wildman–Crippen MR) is 238 cm³/mol. The van der Waals surface area contributed by atoms with Gasteiger partial charge in [-0.25, -0.2) is 0 Å². The molecule has 0 aliphatic heterocycles. The molecule has 0 amide bonds. The molecule has 0 unspecified atom stereocenters. The molecule has 8 aromatic carbocycles. The summed E-state index contributed by atoms with van der Waals surface area (Å²) in [5.41, 5.74) is 15.1. The van der Waals surface area contributed by atoms with Crippen LogP contribution in [-0.2, 0) is 0 Å². The highest BCUT2D eigenvalue weighted by Gasteiger charge is 2.17. The van der Waals surface area contributed by atoms with Crippen molar-refractivity contribution in [1.82, 2.24) is 14.1 Å². The molecule has 268 valence electrons. The van der Waals surface area contributed by atoms with E-state index in [-0.39, 0.29) is 0 Å². The van der Waals surface area contributed by atoms with Crippen molar-refractivity contribution < 1.29 is 0 Å². The number of fused-ring (bicyclic) bond motifs is 6. The zero-order valence-corrected chi connectivity index (χ0v) is 31.1. The Morgan fingerprint density at radius 3 is 1.19 bits per heavy atom. The summed E-state index contributed by atoms with van der Waals surface area (Å²) in [5.74, 6) is 0. The first-order chi connectivity index (χ1) is 28.3. The van der Waals surface area contributed by atoms with Crippen LogP contribution in [0.1, 0.15) is 0 Å². The van der Waals surface area contributed by atoms with Crippen molar-refractivity contribution in [3.8, 4) is 33.6 Å². The van der Waals surface area contributed by atoms with E-state index in [4.69, 9.17) is 0 Å². The molecule has 0 N–H and O–H groups in total. The van der Waals surface area contributed by atoms with Gasteiger partial charge in [0.25, 0.3) is 0 Å². The average molecular weight is 729 g/mol. The predicted octanol–water partition coefficient (Wildman–Crippen LogP) is 14.1. The van der Waals surface area contributed by atoms with Crippen LogP contribution in [0.15, 0.2) is 219 Å². The summed E-state index contributed by atoms with van der Waals surface area (Å²) in [6.45, 7) is 0. The van der Waals surface area contributed by atoms with E-state index in [1.165, 1.54) is 65.9 Å². The van der Waals surface area contributed by atoms with Crippen LogP contribution in [0.4, 0.5) is 17.1 Å². The number of hydrogen-bond acceptors (Lipinski definition) is 2. The topological polar surface area (TPSA) is 26.0 Å². The molecule has 0 saturated heterocycles. The maximum Gasteiger partial charge on any atom is 0.0541 e. The fraction of sp³-hybridized carbons (Fsp3) is 0. The lowest BCUT2D eigenvalue weighted by Crippen LogP contribution is -2.09. The first-order valence-electron chi connectivity index (χ1n) is 19.4. The van der Waals surface area contributed by atoms with E-state index < -0.39 is 0 Å². The van der Waals surface area contributed by atoms with E-state index in [1.54, 1.807) is 0 Å². The zero-order valence-electron chi connectivity index (χ0n) is 31.1. The second-order valence-electron chi connectivity index (χ2n) is 14.5. The molecule has 4 heteroatoms. The van der Waals surface area contributed by atoms with Gasteiger partial charge in [0.1, 0.15) is 0 Å². The van der Waals surface area contributed by atoms with Crippen LogP contribution in [0.5, 0.6) is 0 Å². The minimum atomic E-state index is 1.11. The molecular weight excluding hydrogens is 693 g/mol. The zero-order chi connectivity index (χ0) is 37.7. The lowest BCUT2D eigenvalue weighted by atomic mass is 10.0. The smallest absolute Gasteiger partial charge is 0.0541 e. The number of nitrogens with zero attached hydrogens (tertiary/aromatic N) is 4. The fourth-order valence-electron chi connectivity index (χ4n) is 8.56. The normalized spacial score (nSPS) is 11.5. The SMILES string of the molecule is c1ccc(N(c2ccccc2)c2ccc(-c3ccc(-n4c5ccccc5c5cc(-c6ccc7c(c6)c6ccccc6n7-c6ccncc6)ccc54)cc3)cc2)cc1. The van der Waals surface area contributed by atoms with Gasteiger partial charge in [0.2, 0.25) is 0 Å². The third kappa shape index (κ3) is 5.58. The molecule has 0 aliphatic carbocycles. The second-order valence-corrected chi connectivity index (χ2v) is 14.5. The summed E-state index contributed by atoms with van der Waals surface area (Å²) >= 11 is 0. The van der Waals surface area contributed by atoms with Gasteiger partial charge in [0.15, 0.2) is 0 Å². The lowest BCUT2D eigenvalue weighted by Gasteiger charge is -2.25. The number of benzene rings is 8. The fourth-order valence-corrected chi connectivity index (χ4v) is 8.56. The summed E-state index contributed by atoms with van der Waals surface area (Å²) in [6, 6.07) is 74.2. The molecule has 11 rings (SSSR count). The Hall–Kier alpha value is -7.69. The van der Waals surface area contributed by atoms with Crippen LogP contribution < -0.4 is 4.90 Å². The molecule has 0 fully saturated rings. The second kappa shape index (κ2) is 13.6. The lowest BCUT2D eigenvalue weighted by molar-refractivity contribution is 1.16. The van der Waals surface area contributed by atoms with Gasteiger partial charge < -0.3 is 14.0 Å². The maximum absolute atomic E-state index is 4.26. The molecule has 11 aromatic rings. The van der Waals surface area contributed by atoms with Gasteiger partial charge in [0, 0.05) is 62.4 Å². The van der Waals surface area contributed by atoms with Gasteiger partial charge in [-0.2, -0.15) is 0 Å². The summed E-state index contributed by atoms with van der Waals surface area (Å²) in [4.78, 5) is 6.55. The van der Waals surface area contributed by atoms with Crippen LogP contribution >= 0.6 is 0 Å². The Kier molecular flexibility index (Phi) is 7.78. The highest BCUT2D eigenvalue weighted by molar-refractivity contribution is 6.12. The number of aromatic nitrogens is 3. The number of pyridine rings is 1. The molecule has 0 spiro atoms. The monoisotopic (exact) mass is 728 g/mol. The van der Waals surface area contributed by atoms with Crippen molar-refractivity contribution in [2.75, 3.05) is 4.90 Å². The maximum atomic E-state index is 4.26. The van der Waals surface area contributed by atoms with Gasteiger partial charge in [-0.05, 0) is 119 Å². The van der Waals surface area contributed by atoms with Crippen molar-refractivity contribution in [2.45, 2.75) is 0 Å². The van der Waals surface area contributed by atoms with Gasteiger partial charge in [-0.1, -0.05) is 109 Å². The Bertz CT molecular complexity index is 3160. The van der Waals surface area contributed by atoms with Gasteiger partial charge in [0.05, 0.1) is 22.1 Å². The third-order valence-corrected chi connectivity index (χ3v) is 11.2. The molecule has 3 aromatic heterocycles. The van der Waals surface area contributed by atoms with Gasteiger partial charge in [-0.3, -0.25) is 4.98 Å². The average Bonchev–Trinajstić information content (AvgIpc) is 3.80. The van der Waals surface area contributed by atoms with Gasteiger partial charge >= 0.3 is 0 Å². The Labute approximate surface area is 330 Å². The van der Waals surface area contributed by atoms with Crippen LogP contribution in [0.25, 0.3) is 77.2 Å². The summed E-state index contributed by atoms with van der Waals surface area (Å²) < 4.78 is 4.73. The van der Waals surface area contributed by atoms with Crippen molar-refractivity contribution in [3.05, 3.63) is 219 Å². The van der Waals surface area contributed by atoms with Crippen LogP contribution in [-0.4, -0.2) is 14.1 Å². The summed E-state index contributed by atoms with van der Waals surface area (Å²) in [7, 11) is 0. The highest BCUT2D eigenvalue weighted by Crippen LogP contribution is 2.39. The van der Waals surface area contributed by atoms with Crippen LogP contribution in [0.2, 0.25) is 0 Å². The summed E-state index contributed by atoms with van der Waals surface area (Å²) in [5, 5.41) is 4.96. The van der Waals surface area contributed by atoms with E-state index >= 15 is 0 Å². The number of anilines is 3. The minimum Gasteiger partial charge on any atom is -0.311 e. The Morgan fingerprint density at radius 2 is 0.684 bits per heavy atom. The molecule has 3 heterocycles.